The van der Waals surface area contributed by atoms with Crippen LogP contribution in [0.3, 0.4) is 0 Å². The van der Waals surface area contributed by atoms with Crippen molar-refractivity contribution in [2.24, 2.45) is 5.73 Å². The molecule has 1 aliphatic rings. The van der Waals surface area contributed by atoms with Crippen molar-refractivity contribution in [3.05, 3.63) is 30.1 Å². The topological polar surface area (TPSA) is 43.8 Å². The van der Waals surface area contributed by atoms with Crippen molar-refractivity contribution in [3.63, 3.8) is 0 Å². The summed E-state index contributed by atoms with van der Waals surface area (Å²) in [5.41, 5.74) is 8.45. The highest BCUT2D eigenvalue weighted by molar-refractivity contribution is 5.76. The van der Waals surface area contributed by atoms with E-state index in [1.807, 2.05) is 0 Å². The smallest absolute Gasteiger partial charge is 0.112 e. The Morgan fingerprint density at radius 1 is 1.21 bits per heavy atom. The minimum atomic E-state index is 0.403. The van der Waals surface area contributed by atoms with Gasteiger partial charge in [-0.15, -0.1) is 0 Å². The molecule has 3 rings (SSSR count). The van der Waals surface area contributed by atoms with E-state index in [1.54, 1.807) is 0 Å². The molecule has 1 aromatic carbocycles. The lowest BCUT2D eigenvalue weighted by molar-refractivity contribution is 0.376. The molecule has 0 radical (unpaired) electrons. The number of aryl methyl sites for hydroxylation is 1. The van der Waals surface area contributed by atoms with Gasteiger partial charge < -0.3 is 10.3 Å². The summed E-state index contributed by atoms with van der Waals surface area (Å²) in [7, 11) is 0. The Bertz CT molecular complexity index is 550. The molecule has 1 aromatic heterocycles. The molecular weight excluding hydrogens is 234 g/mol. The van der Waals surface area contributed by atoms with E-state index in [9.17, 15) is 0 Å². The van der Waals surface area contributed by atoms with Gasteiger partial charge in [-0.1, -0.05) is 19.1 Å². The first kappa shape index (κ1) is 12.7. The molecule has 102 valence electrons. The summed E-state index contributed by atoms with van der Waals surface area (Å²) < 4.78 is 2.43. The summed E-state index contributed by atoms with van der Waals surface area (Å²) in [6, 6.07) is 8.90. The molecule has 0 saturated heterocycles. The first-order valence-corrected chi connectivity index (χ1v) is 7.50. The van der Waals surface area contributed by atoms with Gasteiger partial charge in [0.15, 0.2) is 0 Å². The van der Waals surface area contributed by atoms with E-state index in [2.05, 4.69) is 35.8 Å². The lowest BCUT2D eigenvalue weighted by atomic mass is 9.86. The predicted octanol–water partition coefficient (Wildman–Crippen LogP) is 3.43. The van der Waals surface area contributed by atoms with E-state index in [1.165, 1.54) is 24.2 Å². The fourth-order valence-corrected chi connectivity index (χ4v) is 3.24. The Morgan fingerprint density at radius 3 is 2.68 bits per heavy atom. The molecule has 1 fully saturated rings. The van der Waals surface area contributed by atoms with Crippen molar-refractivity contribution in [3.8, 4) is 0 Å². The number of nitrogens with two attached hydrogens (primary N) is 1. The van der Waals surface area contributed by atoms with Gasteiger partial charge in [0.2, 0.25) is 0 Å². The van der Waals surface area contributed by atoms with Crippen LogP contribution < -0.4 is 5.73 Å². The summed E-state index contributed by atoms with van der Waals surface area (Å²) in [5, 5.41) is 0. The van der Waals surface area contributed by atoms with E-state index in [0.717, 1.165) is 31.3 Å². The lowest BCUT2D eigenvalue weighted by Gasteiger charge is -2.26. The molecular formula is C16H23N3. The van der Waals surface area contributed by atoms with Gasteiger partial charge in [0.1, 0.15) is 5.82 Å². The first-order valence-electron chi connectivity index (χ1n) is 7.50. The molecule has 1 heterocycles. The number of hydrogen-bond acceptors (Lipinski definition) is 2. The Kier molecular flexibility index (Phi) is 3.56. The molecule has 19 heavy (non-hydrogen) atoms. The van der Waals surface area contributed by atoms with Gasteiger partial charge in [-0.25, -0.2) is 4.98 Å². The number of para-hydroxylation sites is 2. The maximum Gasteiger partial charge on any atom is 0.112 e. The Morgan fingerprint density at radius 2 is 1.95 bits per heavy atom. The number of aromatic nitrogens is 2. The number of fused-ring (bicyclic) bond motifs is 1. The summed E-state index contributed by atoms with van der Waals surface area (Å²) in [5.74, 6) is 1.88. The van der Waals surface area contributed by atoms with Crippen LogP contribution in [0.15, 0.2) is 24.3 Å². The highest BCUT2D eigenvalue weighted by atomic mass is 15.1. The number of rotatable bonds is 3. The normalized spacial score (nSPS) is 23.9. The molecule has 0 bridgehead atoms. The van der Waals surface area contributed by atoms with Crippen molar-refractivity contribution in [1.29, 1.82) is 0 Å². The molecule has 1 saturated carbocycles. The summed E-state index contributed by atoms with van der Waals surface area (Å²) in [6.45, 7) is 3.30. The lowest BCUT2D eigenvalue weighted by Crippen LogP contribution is -2.26. The zero-order valence-electron chi connectivity index (χ0n) is 11.7. The first-order chi connectivity index (χ1) is 9.29. The van der Waals surface area contributed by atoms with Gasteiger partial charge in [-0.2, -0.15) is 0 Å². The van der Waals surface area contributed by atoms with Crippen LogP contribution in [0.5, 0.6) is 0 Å². The molecule has 2 aromatic rings. The molecule has 0 atom stereocenters. The van der Waals surface area contributed by atoms with Gasteiger partial charge in [-0.3, -0.25) is 0 Å². The minimum Gasteiger partial charge on any atom is -0.328 e. The third-order valence-electron chi connectivity index (χ3n) is 4.27. The van der Waals surface area contributed by atoms with E-state index in [0.29, 0.717) is 12.0 Å². The Hall–Kier alpha value is -1.35. The predicted molar refractivity (Wildman–Crippen MR) is 79.2 cm³/mol. The number of benzene rings is 1. The van der Waals surface area contributed by atoms with Gasteiger partial charge >= 0.3 is 0 Å². The van der Waals surface area contributed by atoms with Crippen molar-refractivity contribution in [2.45, 2.75) is 57.5 Å². The fourth-order valence-electron chi connectivity index (χ4n) is 3.24. The average molecular weight is 257 g/mol. The molecule has 0 spiro atoms. The highest BCUT2D eigenvalue weighted by Crippen LogP contribution is 2.33. The van der Waals surface area contributed by atoms with E-state index >= 15 is 0 Å². The van der Waals surface area contributed by atoms with Crippen LogP contribution >= 0.6 is 0 Å². The van der Waals surface area contributed by atoms with E-state index in [4.69, 9.17) is 10.7 Å². The van der Waals surface area contributed by atoms with Crippen LogP contribution in [-0.4, -0.2) is 15.6 Å². The van der Waals surface area contributed by atoms with Crippen LogP contribution in [0.25, 0.3) is 11.0 Å². The van der Waals surface area contributed by atoms with Crippen LogP contribution in [-0.2, 0) is 6.54 Å². The molecule has 1 aliphatic carbocycles. The van der Waals surface area contributed by atoms with Crippen LogP contribution in [0.4, 0.5) is 0 Å². The second-order valence-electron chi connectivity index (χ2n) is 5.72. The van der Waals surface area contributed by atoms with Crippen molar-refractivity contribution < 1.29 is 0 Å². The van der Waals surface area contributed by atoms with Gasteiger partial charge in [-0.05, 0) is 44.2 Å². The molecule has 0 amide bonds. The Labute approximate surface area is 114 Å². The maximum absolute atomic E-state index is 6.02. The number of nitrogens with zero attached hydrogens (tertiary/aromatic N) is 2. The summed E-state index contributed by atoms with van der Waals surface area (Å²) in [6.07, 6.45) is 5.81. The maximum atomic E-state index is 6.02. The van der Waals surface area contributed by atoms with Crippen LogP contribution in [0.1, 0.15) is 50.8 Å². The van der Waals surface area contributed by atoms with Crippen molar-refractivity contribution in [1.82, 2.24) is 9.55 Å². The second-order valence-corrected chi connectivity index (χ2v) is 5.72. The largest absolute Gasteiger partial charge is 0.328 e. The molecule has 3 nitrogen and oxygen atoms in total. The quantitative estimate of drug-likeness (QED) is 0.915. The van der Waals surface area contributed by atoms with Crippen LogP contribution in [0.2, 0.25) is 0 Å². The molecule has 0 unspecified atom stereocenters. The standard InChI is InChI=1S/C16H23N3/c1-2-11-19-15-6-4-3-5-14(15)18-16(19)12-7-9-13(17)10-8-12/h3-6,12-13H,2,7-11,17H2,1H3. The molecule has 2 N–H and O–H groups in total. The average Bonchev–Trinajstić information content (AvgIpc) is 2.79. The third-order valence-corrected chi connectivity index (χ3v) is 4.27. The minimum absolute atomic E-state index is 0.403. The zero-order chi connectivity index (χ0) is 13.2. The van der Waals surface area contributed by atoms with Gasteiger partial charge in [0.05, 0.1) is 11.0 Å². The highest BCUT2D eigenvalue weighted by Gasteiger charge is 2.24. The monoisotopic (exact) mass is 257 g/mol. The number of imidazole rings is 1. The fraction of sp³-hybridized carbons (Fsp3) is 0.562. The summed E-state index contributed by atoms with van der Waals surface area (Å²) >= 11 is 0. The molecule has 0 aliphatic heterocycles. The van der Waals surface area contributed by atoms with Gasteiger partial charge in [0.25, 0.3) is 0 Å². The van der Waals surface area contributed by atoms with Crippen molar-refractivity contribution in [2.75, 3.05) is 0 Å². The van der Waals surface area contributed by atoms with E-state index < -0.39 is 0 Å². The zero-order valence-corrected chi connectivity index (χ0v) is 11.7. The summed E-state index contributed by atoms with van der Waals surface area (Å²) in [4.78, 5) is 4.90. The van der Waals surface area contributed by atoms with Crippen LogP contribution in [0, 0.1) is 0 Å². The molecule has 3 heteroatoms. The van der Waals surface area contributed by atoms with Crippen molar-refractivity contribution >= 4 is 11.0 Å². The second kappa shape index (κ2) is 5.33. The SMILES string of the molecule is CCCn1c(C2CCC(N)CC2)nc2ccccc21. The third kappa shape index (κ3) is 2.39. The Balaban J connectivity index is 1.99. The van der Waals surface area contributed by atoms with Gasteiger partial charge in [0, 0.05) is 18.5 Å². The number of hydrogen-bond donors (Lipinski definition) is 1. The van der Waals surface area contributed by atoms with E-state index in [-0.39, 0.29) is 0 Å².